The quantitative estimate of drug-likeness (QED) is 0.0750. The molecule has 5 rings (SSSR count). The molecule has 0 spiro atoms. The lowest BCUT2D eigenvalue weighted by molar-refractivity contribution is -0.163. The topological polar surface area (TPSA) is 87.6 Å². The van der Waals surface area contributed by atoms with Gasteiger partial charge in [-0.05, 0) is 129 Å². The Hall–Kier alpha value is -1.75. The fourth-order valence-corrected chi connectivity index (χ4v) is 12.8. The number of esters is 1. The summed E-state index contributed by atoms with van der Waals surface area (Å²) in [4.78, 5) is 12.8. The second-order valence-electron chi connectivity index (χ2n) is 19.0. The number of carbonyl (C=O) groups is 1. The Balaban J connectivity index is 0.998. The number of hydrogen-bond donors (Lipinski definition) is 2. The van der Waals surface area contributed by atoms with Gasteiger partial charge in [-0.2, -0.15) is 0 Å². The van der Waals surface area contributed by atoms with Crippen LogP contribution in [-0.4, -0.2) is 19.7 Å². The van der Waals surface area contributed by atoms with Gasteiger partial charge in [-0.3, -0.25) is 4.79 Å². The number of ether oxygens (including phenoxy) is 2. The normalized spacial score (nSPS) is 33.2. The second kappa shape index (κ2) is 19.2. The lowest BCUT2D eigenvalue weighted by Gasteiger charge is -2.62. The highest BCUT2D eigenvalue weighted by atomic mass is 16.5. The minimum atomic E-state index is -0.306. The maximum atomic E-state index is 12.8. The maximum absolute atomic E-state index is 12.8. The van der Waals surface area contributed by atoms with Gasteiger partial charge in [0.1, 0.15) is 0 Å². The number of benzene rings is 1. The highest BCUT2D eigenvalue weighted by Gasteiger charge is 2.62. The van der Waals surface area contributed by atoms with E-state index in [4.69, 9.17) is 20.9 Å². The molecule has 4 saturated carbocycles. The van der Waals surface area contributed by atoms with Crippen LogP contribution in [0.15, 0.2) is 18.2 Å². The predicted octanol–water partition coefficient (Wildman–Crippen LogP) is 12.8. The Morgan fingerprint density at radius 2 is 1.42 bits per heavy atom. The molecule has 0 radical (unpaired) electrons. The van der Waals surface area contributed by atoms with Gasteiger partial charge >= 0.3 is 5.97 Å². The average Bonchev–Trinajstić information content (AvgIpc) is 3.49. The molecule has 4 aliphatic carbocycles. The fourth-order valence-electron chi connectivity index (χ4n) is 12.8. The second-order valence-corrected chi connectivity index (χ2v) is 19.0. The van der Waals surface area contributed by atoms with Crippen molar-refractivity contribution in [3.05, 3.63) is 23.8 Å². The first-order chi connectivity index (χ1) is 25.1. The van der Waals surface area contributed by atoms with Crippen molar-refractivity contribution in [1.29, 1.82) is 0 Å². The zero-order valence-electron chi connectivity index (χ0n) is 34.5. The van der Waals surface area contributed by atoms with Crippen LogP contribution >= 0.6 is 0 Å². The Morgan fingerprint density at radius 3 is 2.06 bits per heavy atom. The number of hydrogen-bond acceptors (Lipinski definition) is 5. The molecule has 296 valence electrons. The van der Waals surface area contributed by atoms with Crippen LogP contribution in [0.4, 0.5) is 11.4 Å². The van der Waals surface area contributed by atoms with Crippen molar-refractivity contribution in [3.8, 4) is 0 Å². The summed E-state index contributed by atoms with van der Waals surface area (Å²) >= 11 is 0. The molecule has 1 aromatic rings. The Morgan fingerprint density at radius 1 is 0.788 bits per heavy atom. The van der Waals surface area contributed by atoms with Crippen LogP contribution < -0.4 is 11.5 Å². The molecule has 0 heterocycles. The maximum Gasteiger partial charge on any atom is 0.305 e. The first-order valence-electron chi connectivity index (χ1n) is 22.4. The van der Waals surface area contributed by atoms with Crippen LogP contribution in [0.5, 0.6) is 0 Å². The van der Waals surface area contributed by atoms with Gasteiger partial charge in [0.05, 0.1) is 12.2 Å². The van der Waals surface area contributed by atoms with E-state index >= 15 is 0 Å². The van der Waals surface area contributed by atoms with Crippen LogP contribution in [0, 0.1) is 46.3 Å². The molecular weight excluding hydrogens is 641 g/mol. The standard InChI is InChI=1S/C47H80N2O3/c1-6-7-8-9-10-11-12-13-14-15-16-17-18-19-32-52-44(50)27-20-35(2)39-25-26-40-38-23-21-36-34-47(51-5,42-24-22-37(48)33-43(42)49)31-30-45(36,3)41(38)28-29-46(39,40)4/h22,24,33,35-36,38-41H,6-21,23,25-32,34,48-49H2,1-5H3/t35-,36?,38+,39-,40+,41+,45+,46-,47?/m1/s1. The van der Waals surface area contributed by atoms with Crippen molar-refractivity contribution in [2.45, 2.75) is 194 Å². The minimum absolute atomic E-state index is 0.0290. The largest absolute Gasteiger partial charge is 0.466 e. The number of unbranched alkanes of at least 4 members (excludes halogenated alkanes) is 13. The van der Waals surface area contributed by atoms with Crippen LogP contribution in [0.1, 0.15) is 194 Å². The van der Waals surface area contributed by atoms with E-state index in [0.29, 0.717) is 35.7 Å². The van der Waals surface area contributed by atoms with Crippen molar-refractivity contribution in [2.24, 2.45) is 46.3 Å². The molecule has 0 bridgehead atoms. The highest BCUT2D eigenvalue weighted by Crippen LogP contribution is 2.69. The smallest absolute Gasteiger partial charge is 0.305 e. The van der Waals surface area contributed by atoms with Crippen molar-refractivity contribution in [1.82, 2.24) is 0 Å². The van der Waals surface area contributed by atoms with Gasteiger partial charge in [0.25, 0.3) is 0 Å². The van der Waals surface area contributed by atoms with Gasteiger partial charge in [0.15, 0.2) is 0 Å². The molecule has 5 nitrogen and oxygen atoms in total. The van der Waals surface area contributed by atoms with Gasteiger partial charge in [0, 0.05) is 30.5 Å². The Kier molecular flexibility index (Phi) is 15.3. The van der Waals surface area contributed by atoms with Crippen molar-refractivity contribution in [2.75, 3.05) is 25.2 Å². The van der Waals surface area contributed by atoms with Crippen molar-refractivity contribution in [3.63, 3.8) is 0 Å². The highest BCUT2D eigenvalue weighted by molar-refractivity contribution is 5.69. The van der Waals surface area contributed by atoms with Gasteiger partial charge in [-0.15, -0.1) is 0 Å². The third kappa shape index (κ3) is 9.54. The lowest BCUT2D eigenvalue weighted by atomic mass is 9.43. The van der Waals surface area contributed by atoms with Gasteiger partial charge in [-0.25, -0.2) is 0 Å². The van der Waals surface area contributed by atoms with E-state index in [1.54, 1.807) is 0 Å². The third-order valence-electron chi connectivity index (χ3n) is 16.0. The van der Waals surface area contributed by atoms with E-state index in [2.05, 4.69) is 33.8 Å². The summed E-state index contributed by atoms with van der Waals surface area (Å²) in [6.07, 6.45) is 31.8. The summed E-state index contributed by atoms with van der Waals surface area (Å²) in [5.41, 5.74) is 15.7. The molecular formula is C47H80N2O3. The van der Waals surface area contributed by atoms with Crippen LogP contribution in [0.25, 0.3) is 0 Å². The SMILES string of the molecule is CCCCCCCCCCCCCCCCOC(=O)CC[C@@H](C)[C@H]1CC[C@H]2[C@@H]3CCC4CC(OC)(c5ccc(N)cc5N)CC[C@]4(C)[C@H]3CC[C@]12C. The summed E-state index contributed by atoms with van der Waals surface area (Å²) in [7, 11) is 1.89. The summed E-state index contributed by atoms with van der Waals surface area (Å²) in [6.45, 7) is 10.6. The molecule has 0 aromatic heterocycles. The molecule has 52 heavy (non-hydrogen) atoms. The summed E-state index contributed by atoms with van der Waals surface area (Å²) < 4.78 is 12.1. The number of anilines is 2. The van der Waals surface area contributed by atoms with Crippen LogP contribution in [0.3, 0.4) is 0 Å². The molecule has 4 fully saturated rings. The van der Waals surface area contributed by atoms with E-state index in [1.807, 2.05) is 19.2 Å². The fraction of sp³-hybridized carbons (Fsp3) is 0.851. The molecule has 4 N–H and O–H groups in total. The summed E-state index contributed by atoms with van der Waals surface area (Å²) in [6, 6.07) is 6.01. The number of fused-ring (bicyclic) bond motifs is 5. The number of rotatable bonds is 21. The number of nitrogen functional groups attached to an aromatic ring is 2. The first-order valence-corrected chi connectivity index (χ1v) is 22.4. The van der Waals surface area contributed by atoms with Crippen LogP contribution in [0.2, 0.25) is 0 Å². The zero-order chi connectivity index (χ0) is 37.2. The van der Waals surface area contributed by atoms with E-state index < -0.39 is 0 Å². The van der Waals surface area contributed by atoms with Crippen molar-refractivity contribution < 1.29 is 14.3 Å². The van der Waals surface area contributed by atoms with E-state index in [0.717, 1.165) is 66.3 Å². The molecule has 2 unspecified atom stereocenters. The number of nitrogens with two attached hydrogens (primary N) is 2. The minimum Gasteiger partial charge on any atom is -0.466 e. The van der Waals surface area contributed by atoms with E-state index in [9.17, 15) is 4.79 Å². The molecule has 0 aliphatic heterocycles. The number of methoxy groups -OCH3 is 1. The summed E-state index contributed by atoms with van der Waals surface area (Å²) in [5, 5.41) is 0. The summed E-state index contributed by atoms with van der Waals surface area (Å²) in [5.74, 6) is 4.46. The Bertz CT molecular complexity index is 1250. The molecule has 0 amide bonds. The van der Waals surface area contributed by atoms with Gasteiger partial charge in [-0.1, -0.05) is 117 Å². The monoisotopic (exact) mass is 721 g/mol. The number of carbonyl (C=O) groups excluding carboxylic acids is 1. The lowest BCUT2D eigenvalue weighted by Crippen LogP contribution is -2.55. The Labute approximate surface area is 319 Å². The average molecular weight is 721 g/mol. The zero-order valence-corrected chi connectivity index (χ0v) is 34.5. The van der Waals surface area contributed by atoms with Gasteiger partial charge in [0.2, 0.25) is 0 Å². The van der Waals surface area contributed by atoms with Crippen LogP contribution in [-0.2, 0) is 19.9 Å². The third-order valence-corrected chi connectivity index (χ3v) is 16.0. The predicted molar refractivity (Wildman–Crippen MR) is 219 cm³/mol. The first kappa shape index (κ1) is 41.4. The molecule has 4 aliphatic rings. The van der Waals surface area contributed by atoms with Gasteiger partial charge < -0.3 is 20.9 Å². The van der Waals surface area contributed by atoms with E-state index in [-0.39, 0.29) is 11.6 Å². The van der Waals surface area contributed by atoms with E-state index in [1.165, 1.54) is 128 Å². The molecule has 0 saturated heterocycles. The molecule has 5 heteroatoms. The van der Waals surface area contributed by atoms with Crippen molar-refractivity contribution >= 4 is 17.3 Å². The molecule has 9 atom stereocenters. The molecule has 1 aromatic carbocycles.